The lowest BCUT2D eigenvalue weighted by Crippen LogP contribution is -2.32. The van der Waals surface area contributed by atoms with Crippen LogP contribution in [0.4, 0.5) is 5.69 Å². The number of aliphatic hydroxyl groups excluding tert-OH is 1. The van der Waals surface area contributed by atoms with Crippen LogP contribution in [0.25, 0.3) is 17.0 Å². The monoisotopic (exact) mass is 335 g/mol. The summed E-state index contributed by atoms with van der Waals surface area (Å²) >= 11 is 1.50. The van der Waals surface area contributed by atoms with Gasteiger partial charge in [0.1, 0.15) is 0 Å². The lowest BCUT2D eigenvalue weighted by Gasteiger charge is -2.21. The third kappa shape index (κ3) is 2.62. The van der Waals surface area contributed by atoms with Crippen molar-refractivity contribution in [1.29, 1.82) is 0 Å². The van der Waals surface area contributed by atoms with Crippen LogP contribution in [0.5, 0.6) is 0 Å². The Kier molecular flexibility index (Phi) is 3.88. The van der Waals surface area contributed by atoms with Crippen LogP contribution >= 0.6 is 11.8 Å². The summed E-state index contributed by atoms with van der Waals surface area (Å²) in [6, 6.07) is 18.1. The van der Waals surface area contributed by atoms with E-state index >= 15 is 0 Å². The van der Waals surface area contributed by atoms with Gasteiger partial charge >= 0.3 is 0 Å². The van der Waals surface area contributed by atoms with Crippen LogP contribution in [0.2, 0.25) is 0 Å². The first-order valence-electron chi connectivity index (χ1n) is 7.72. The number of para-hydroxylation sites is 1. The predicted octanol–water partition coefficient (Wildman–Crippen LogP) is 4.07. The molecule has 3 aromatic rings. The number of amidine groups is 1. The van der Waals surface area contributed by atoms with Crippen LogP contribution in [0.1, 0.15) is 5.56 Å². The summed E-state index contributed by atoms with van der Waals surface area (Å²) in [6.45, 7) is 0. The molecule has 1 unspecified atom stereocenters. The van der Waals surface area contributed by atoms with Crippen molar-refractivity contribution in [2.75, 3.05) is 11.9 Å². The molecule has 1 saturated heterocycles. The van der Waals surface area contributed by atoms with Gasteiger partial charge in [-0.05, 0) is 47.4 Å². The Hall–Kier alpha value is -2.50. The molecule has 0 spiro atoms. The second-order valence-corrected chi connectivity index (χ2v) is 6.60. The van der Waals surface area contributed by atoms with Crippen LogP contribution in [0, 0.1) is 0 Å². The number of H-pyrrole nitrogens is 1. The molecule has 1 fully saturated rings. The van der Waals surface area contributed by atoms with Crippen LogP contribution in [-0.4, -0.2) is 28.5 Å². The van der Waals surface area contributed by atoms with Gasteiger partial charge in [0.2, 0.25) is 0 Å². The number of thioether (sulfide) groups is 1. The number of aliphatic hydroxyl groups is 1. The second-order valence-electron chi connectivity index (χ2n) is 5.56. The number of aromatic nitrogens is 1. The molecule has 0 radical (unpaired) electrons. The third-order valence-electron chi connectivity index (χ3n) is 4.03. The highest BCUT2D eigenvalue weighted by Gasteiger charge is 2.34. The average molecular weight is 335 g/mol. The first kappa shape index (κ1) is 15.1. The van der Waals surface area contributed by atoms with Crippen LogP contribution < -0.4 is 4.90 Å². The molecule has 2 heterocycles. The van der Waals surface area contributed by atoms with Crippen LogP contribution in [-0.2, 0) is 0 Å². The third-order valence-corrected chi connectivity index (χ3v) is 5.15. The Labute approximate surface area is 144 Å². The van der Waals surface area contributed by atoms with Crippen molar-refractivity contribution in [3.05, 3.63) is 71.3 Å². The summed E-state index contributed by atoms with van der Waals surface area (Å²) in [5.41, 5.74) is 3.11. The number of aromatic amines is 1. The minimum Gasteiger partial charge on any atom is -0.368 e. The van der Waals surface area contributed by atoms with Gasteiger partial charge in [-0.3, -0.25) is 9.89 Å². The van der Waals surface area contributed by atoms with Gasteiger partial charge in [0.25, 0.3) is 0 Å². The first-order chi connectivity index (χ1) is 11.8. The highest BCUT2D eigenvalue weighted by Crippen LogP contribution is 2.38. The highest BCUT2D eigenvalue weighted by atomic mass is 32.2. The molecular weight excluding hydrogens is 318 g/mol. The Bertz CT molecular complexity index is 930. The van der Waals surface area contributed by atoms with Gasteiger partial charge in [0.15, 0.2) is 11.4 Å². The normalized spacial score (nSPS) is 21.2. The van der Waals surface area contributed by atoms with Crippen molar-refractivity contribution in [3.63, 3.8) is 0 Å². The Morgan fingerprint density at radius 1 is 1.17 bits per heavy atom. The summed E-state index contributed by atoms with van der Waals surface area (Å²) in [6.07, 6.45) is 3.23. The molecule has 1 atom stereocenters. The molecule has 4 nitrogen and oxygen atoms in total. The summed E-state index contributed by atoms with van der Waals surface area (Å²) in [5, 5.41) is 12.7. The molecule has 2 N–H and O–H groups in total. The van der Waals surface area contributed by atoms with Crippen molar-refractivity contribution in [2.45, 2.75) is 6.23 Å². The van der Waals surface area contributed by atoms with Crippen molar-refractivity contribution in [2.24, 2.45) is 4.99 Å². The van der Waals surface area contributed by atoms with Gasteiger partial charge in [-0.15, -0.1) is 0 Å². The standard InChI is InChI=1S/C19H17N3OS/c1-20-19-22(15-5-3-2-4-6-15)18(23)17(24-19)12-13-7-8-16-14(11-13)9-10-21-16/h2-12,18,21,23H,1H3/b17-12-,20-19?. The number of nitrogens with one attached hydrogen (secondary N) is 1. The molecule has 0 aliphatic carbocycles. The van der Waals surface area contributed by atoms with Crippen LogP contribution in [0.3, 0.4) is 0 Å². The summed E-state index contributed by atoms with van der Waals surface area (Å²) in [5.74, 6) is 0. The Morgan fingerprint density at radius 2 is 2.00 bits per heavy atom. The quantitative estimate of drug-likeness (QED) is 0.742. The summed E-state index contributed by atoms with van der Waals surface area (Å²) in [4.78, 5) is 10.2. The van der Waals surface area contributed by atoms with E-state index < -0.39 is 6.23 Å². The minimum absolute atomic E-state index is 0.724. The van der Waals surface area contributed by atoms with Gasteiger partial charge in [-0.25, -0.2) is 0 Å². The maximum absolute atomic E-state index is 10.8. The minimum atomic E-state index is -0.724. The number of nitrogens with zero attached hydrogens (tertiary/aromatic N) is 2. The maximum atomic E-state index is 10.8. The van der Waals surface area contributed by atoms with Crippen molar-refractivity contribution in [3.8, 4) is 0 Å². The summed E-state index contributed by atoms with van der Waals surface area (Å²) in [7, 11) is 1.75. The van der Waals surface area contributed by atoms with E-state index in [2.05, 4.69) is 22.1 Å². The van der Waals surface area contributed by atoms with E-state index in [9.17, 15) is 5.11 Å². The summed E-state index contributed by atoms with van der Waals surface area (Å²) < 4.78 is 0. The molecule has 2 aromatic carbocycles. The molecule has 5 heteroatoms. The molecule has 120 valence electrons. The number of fused-ring (bicyclic) bond motifs is 1. The molecule has 1 aromatic heterocycles. The van der Waals surface area contributed by atoms with Gasteiger partial charge in [0.05, 0.1) is 0 Å². The SMILES string of the molecule is CN=C1S/C(=C\c2ccc3[nH]ccc3c2)C(O)N1c1ccccc1. The number of hydrogen-bond acceptors (Lipinski definition) is 3. The average Bonchev–Trinajstić information content (AvgIpc) is 3.20. The van der Waals surface area contributed by atoms with Crippen molar-refractivity contribution >= 4 is 39.6 Å². The highest BCUT2D eigenvalue weighted by molar-refractivity contribution is 8.18. The molecule has 1 aliphatic rings. The molecule has 1 aliphatic heterocycles. The van der Waals surface area contributed by atoms with Crippen molar-refractivity contribution < 1.29 is 5.11 Å². The van der Waals surface area contributed by atoms with Gasteiger partial charge < -0.3 is 10.1 Å². The molecule has 4 rings (SSSR count). The fraction of sp³-hybridized carbons (Fsp3) is 0.105. The van der Waals surface area contributed by atoms with E-state index in [0.29, 0.717) is 0 Å². The predicted molar refractivity (Wildman–Crippen MR) is 102 cm³/mol. The number of benzene rings is 2. The molecular formula is C19H17N3OS. The Balaban J connectivity index is 1.71. The van der Waals surface area contributed by atoms with E-state index in [1.54, 1.807) is 7.05 Å². The molecule has 0 bridgehead atoms. The lowest BCUT2D eigenvalue weighted by molar-refractivity contribution is 0.233. The molecule has 0 saturated carbocycles. The molecule has 24 heavy (non-hydrogen) atoms. The van der Waals surface area contributed by atoms with E-state index in [0.717, 1.165) is 32.2 Å². The number of anilines is 1. The maximum Gasteiger partial charge on any atom is 0.170 e. The number of aliphatic imine (C=N–C) groups is 1. The first-order valence-corrected chi connectivity index (χ1v) is 8.53. The van der Waals surface area contributed by atoms with Gasteiger partial charge in [-0.1, -0.05) is 36.0 Å². The van der Waals surface area contributed by atoms with E-state index in [-0.39, 0.29) is 0 Å². The molecule has 0 amide bonds. The largest absolute Gasteiger partial charge is 0.368 e. The topological polar surface area (TPSA) is 51.6 Å². The Morgan fingerprint density at radius 3 is 2.79 bits per heavy atom. The zero-order valence-electron chi connectivity index (χ0n) is 13.2. The lowest BCUT2D eigenvalue weighted by atomic mass is 10.1. The second kappa shape index (κ2) is 6.19. The van der Waals surface area contributed by atoms with Crippen molar-refractivity contribution in [1.82, 2.24) is 4.98 Å². The fourth-order valence-corrected chi connectivity index (χ4v) is 3.87. The number of hydrogen-bond donors (Lipinski definition) is 2. The zero-order chi connectivity index (χ0) is 16.5. The number of rotatable bonds is 2. The van der Waals surface area contributed by atoms with E-state index in [4.69, 9.17) is 0 Å². The zero-order valence-corrected chi connectivity index (χ0v) is 14.0. The van der Waals surface area contributed by atoms with Crippen LogP contribution in [0.15, 0.2) is 70.7 Å². The van der Waals surface area contributed by atoms with E-state index in [1.807, 2.05) is 59.6 Å². The van der Waals surface area contributed by atoms with E-state index in [1.165, 1.54) is 11.8 Å². The smallest absolute Gasteiger partial charge is 0.170 e. The van der Waals surface area contributed by atoms with Gasteiger partial charge in [0, 0.05) is 29.4 Å². The van der Waals surface area contributed by atoms with Gasteiger partial charge in [-0.2, -0.15) is 0 Å². The fourth-order valence-electron chi connectivity index (χ4n) is 2.86.